The van der Waals surface area contributed by atoms with E-state index in [0.29, 0.717) is 16.9 Å². The van der Waals surface area contributed by atoms with Gasteiger partial charge in [-0.2, -0.15) is 5.10 Å². The summed E-state index contributed by atoms with van der Waals surface area (Å²) in [6, 6.07) is 6.26. The molecule has 1 aromatic carbocycles. The van der Waals surface area contributed by atoms with Crippen LogP contribution in [0.25, 0.3) is 0 Å². The van der Waals surface area contributed by atoms with Gasteiger partial charge in [0.25, 0.3) is 0 Å². The van der Waals surface area contributed by atoms with Crippen LogP contribution in [0.2, 0.25) is 0 Å². The van der Waals surface area contributed by atoms with Gasteiger partial charge in [0.05, 0.1) is 24.6 Å². The highest BCUT2D eigenvalue weighted by Gasteiger charge is 2.27. The van der Waals surface area contributed by atoms with E-state index in [0.717, 1.165) is 27.0 Å². The van der Waals surface area contributed by atoms with Gasteiger partial charge in [0.1, 0.15) is 10.1 Å². The van der Waals surface area contributed by atoms with Crippen LogP contribution in [0.4, 0.5) is 0 Å². The average Bonchev–Trinajstić information content (AvgIpc) is 3.14. The molecule has 1 aliphatic heterocycles. The second-order valence-corrected chi connectivity index (χ2v) is 8.76. The number of hydrazone groups is 1. The molecule has 146 valence electrons. The first-order chi connectivity index (χ1) is 13.7. The number of nitrogens with one attached hydrogen (secondary N) is 2. The summed E-state index contributed by atoms with van der Waals surface area (Å²) in [7, 11) is 1.69. The molecule has 2 aliphatic rings. The van der Waals surface area contributed by atoms with Crippen LogP contribution in [0.5, 0.6) is 5.75 Å². The zero-order chi connectivity index (χ0) is 19.8. The third-order valence-corrected chi connectivity index (χ3v) is 6.69. The fourth-order valence-corrected chi connectivity index (χ4v) is 5.14. The maximum atomic E-state index is 5.51. The number of nitrogens with zero attached hydrogens (tertiary/aromatic N) is 2. The third kappa shape index (κ3) is 5.73. The van der Waals surface area contributed by atoms with Crippen LogP contribution < -0.4 is 15.5 Å². The molecule has 28 heavy (non-hydrogen) atoms. The van der Waals surface area contributed by atoms with E-state index < -0.39 is 0 Å². The Morgan fingerprint density at radius 2 is 2.29 bits per heavy atom. The zero-order valence-corrected chi connectivity index (χ0v) is 17.9. The Morgan fingerprint density at radius 3 is 3.07 bits per heavy atom. The lowest BCUT2D eigenvalue weighted by Gasteiger charge is -2.11. The van der Waals surface area contributed by atoms with Gasteiger partial charge < -0.3 is 10.1 Å². The van der Waals surface area contributed by atoms with Crippen molar-refractivity contribution >= 4 is 51.4 Å². The Balaban J connectivity index is 1.60. The summed E-state index contributed by atoms with van der Waals surface area (Å²) in [6.07, 6.45) is 12.0. The normalized spacial score (nSPS) is 20.0. The van der Waals surface area contributed by atoms with E-state index in [2.05, 4.69) is 52.8 Å². The second kappa shape index (κ2) is 10.5. The van der Waals surface area contributed by atoms with E-state index in [1.807, 2.05) is 23.9 Å². The number of benzene rings is 1. The zero-order valence-electron chi connectivity index (χ0n) is 15.5. The largest absolute Gasteiger partial charge is 0.496 e. The SMILES string of the molecule is C=CCNC(=S)NN=Cc1ccc(OC)c(CSC2=NC3C=CC=CC3S2)c1. The first-order valence-electron chi connectivity index (χ1n) is 8.76. The number of rotatable bonds is 7. The summed E-state index contributed by atoms with van der Waals surface area (Å²) in [6.45, 7) is 4.23. The molecule has 0 spiro atoms. The summed E-state index contributed by atoms with van der Waals surface area (Å²) in [5.41, 5.74) is 4.86. The van der Waals surface area contributed by atoms with Crippen molar-refractivity contribution in [1.29, 1.82) is 0 Å². The van der Waals surface area contributed by atoms with E-state index in [1.54, 1.807) is 31.2 Å². The second-order valence-electron chi connectivity index (χ2n) is 5.97. The van der Waals surface area contributed by atoms with Gasteiger partial charge >= 0.3 is 0 Å². The smallest absolute Gasteiger partial charge is 0.187 e. The lowest BCUT2D eigenvalue weighted by atomic mass is 10.1. The fourth-order valence-electron chi connectivity index (χ4n) is 2.64. The van der Waals surface area contributed by atoms with Gasteiger partial charge in [0.15, 0.2) is 5.11 Å². The quantitative estimate of drug-likeness (QED) is 0.296. The third-order valence-electron chi connectivity index (χ3n) is 3.99. The Labute approximate surface area is 179 Å². The van der Waals surface area contributed by atoms with Crippen LogP contribution in [0.1, 0.15) is 11.1 Å². The molecular formula is C20H22N4OS3. The van der Waals surface area contributed by atoms with E-state index in [9.17, 15) is 0 Å². The van der Waals surface area contributed by atoms with Gasteiger partial charge in [0.2, 0.25) is 0 Å². The Hall–Kier alpha value is -2.03. The minimum atomic E-state index is 0.266. The molecule has 0 fully saturated rings. The number of fused-ring (bicyclic) bond motifs is 1. The minimum Gasteiger partial charge on any atom is -0.496 e. The van der Waals surface area contributed by atoms with Gasteiger partial charge in [-0.1, -0.05) is 53.9 Å². The maximum Gasteiger partial charge on any atom is 0.187 e. The molecule has 0 saturated carbocycles. The Kier molecular flexibility index (Phi) is 7.76. The lowest BCUT2D eigenvalue weighted by molar-refractivity contribution is 0.411. The van der Waals surface area contributed by atoms with Crippen molar-refractivity contribution in [3.05, 3.63) is 66.3 Å². The highest BCUT2D eigenvalue weighted by Crippen LogP contribution is 2.37. The number of allylic oxidation sites excluding steroid dienone is 2. The molecule has 2 N–H and O–H groups in total. The van der Waals surface area contributed by atoms with Gasteiger partial charge in [-0.15, -0.1) is 6.58 Å². The minimum absolute atomic E-state index is 0.266. The molecule has 0 aromatic heterocycles. The lowest BCUT2D eigenvalue weighted by Crippen LogP contribution is -2.31. The van der Waals surface area contributed by atoms with Crippen LogP contribution >= 0.6 is 35.7 Å². The van der Waals surface area contributed by atoms with Crippen molar-refractivity contribution in [3.8, 4) is 5.75 Å². The van der Waals surface area contributed by atoms with Gasteiger partial charge in [0, 0.05) is 17.9 Å². The first kappa shape index (κ1) is 20.7. The van der Waals surface area contributed by atoms with Crippen LogP contribution in [0.15, 0.2) is 65.3 Å². The van der Waals surface area contributed by atoms with Crippen LogP contribution in [-0.4, -0.2) is 40.6 Å². The number of hydrogen-bond donors (Lipinski definition) is 2. The fraction of sp³-hybridized carbons (Fsp3) is 0.250. The molecule has 5 nitrogen and oxygen atoms in total. The molecule has 0 bridgehead atoms. The monoisotopic (exact) mass is 430 g/mol. The molecule has 3 rings (SSSR count). The highest BCUT2D eigenvalue weighted by molar-refractivity contribution is 8.39. The first-order valence-corrected chi connectivity index (χ1v) is 11.0. The van der Waals surface area contributed by atoms with Crippen molar-refractivity contribution in [2.24, 2.45) is 10.1 Å². The molecule has 8 heteroatoms. The van der Waals surface area contributed by atoms with Crippen molar-refractivity contribution < 1.29 is 4.74 Å². The number of ether oxygens (including phenoxy) is 1. The van der Waals surface area contributed by atoms with Gasteiger partial charge in [-0.25, -0.2) is 0 Å². The van der Waals surface area contributed by atoms with Crippen molar-refractivity contribution in [2.75, 3.05) is 13.7 Å². The number of thiocarbonyl (C=S) groups is 1. The predicted molar refractivity (Wildman–Crippen MR) is 127 cm³/mol. The molecule has 1 aliphatic carbocycles. The van der Waals surface area contributed by atoms with E-state index in [1.165, 1.54) is 0 Å². The topological polar surface area (TPSA) is 58.0 Å². The summed E-state index contributed by atoms with van der Waals surface area (Å²) < 4.78 is 6.63. The van der Waals surface area contributed by atoms with Crippen molar-refractivity contribution in [2.45, 2.75) is 17.0 Å². The Morgan fingerprint density at radius 1 is 1.43 bits per heavy atom. The van der Waals surface area contributed by atoms with Crippen LogP contribution in [0.3, 0.4) is 0 Å². The van der Waals surface area contributed by atoms with E-state index in [4.69, 9.17) is 21.9 Å². The standard InChI is InChI=1S/C20H22N4OS3/c1-3-10-21-19(26)24-22-12-14-8-9-17(25-2)15(11-14)13-27-20-23-16-6-4-5-7-18(16)28-20/h3-9,11-12,16,18H,1,10,13H2,2H3,(H2,21,24,26). The molecule has 2 atom stereocenters. The maximum absolute atomic E-state index is 5.51. The summed E-state index contributed by atoms with van der Waals surface area (Å²) in [5, 5.41) is 8.02. The predicted octanol–water partition coefficient (Wildman–Crippen LogP) is 3.88. The molecule has 1 heterocycles. The summed E-state index contributed by atoms with van der Waals surface area (Å²) >= 11 is 8.68. The van der Waals surface area contributed by atoms with Gasteiger partial charge in [-0.3, -0.25) is 10.4 Å². The molecule has 0 saturated heterocycles. The number of hydrogen-bond acceptors (Lipinski definition) is 6. The Bertz CT molecular complexity index is 848. The molecule has 1 aromatic rings. The molecule has 2 unspecified atom stereocenters. The van der Waals surface area contributed by atoms with Crippen molar-refractivity contribution in [3.63, 3.8) is 0 Å². The van der Waals surface area contributed by atoms with Crippen molar-refractivity contribution in [1.82, 2.24) is 10.7 Å². The highest BCUT2D eigenvalue weighted by atomic mass is 32.2. The van der Waals surface area contributed by atoms with E-state index in [-0.39, 0.29) is 6.04 Å². The number of thioether (sulfide) groups is 2. The summed E-state index contributed by atoms with van der Waals surface area (Å²) in [4.78, 5) is 4.80. The molecular weight excluding hydrogens is 408 g/mol. The number of methoxy groups -OCH3 is 1. The summed E-state index contributed by atoms with van der Waals surface area (Å²) in [5.74, 6) is 1.65. The molecule has 0 radical (unpaired) electrons. The van der Waals surface area contributed by atoms with Crippen LogP contribution in [0, 0.1) is 0 Å². The molecule has 0 amide bonds. The van der Waals surface area contributed by atoms with E-state index >= 15 is 0 Å². The van der Waals surface area contributed by atoms with Crippen LogP contribution in [-0.2, 0) is 5.75 Å². The van der Waals surface area contributed by atoms with Gasteiger partial charge in [-0.05, 0) is 36.0 Å². The number of aliphatic imine (C=N–C) groups is 1. The average molecular weight is 431 g/mol.